The molecule has 5 nitrogen and oxygen atoms in total. The fourth-order valence-corrected chi connectivity index (χ4v) is 3.98. The van der Waals surface area contributed by atoms with Gasteiger partial charge in [-0.3, -0.25) is 4.31 Å². The van der Waals surface area contributed by atoms with Crippen LogP contribution in [0.2, 0.25) is 0 Å². The first kappa shape index (κ1) is 13.7. The standard InChI is InChI=1S/C14H20N2O3S/c1-2-20(17,18)16-6-5-12-11-13(3-4-14(12)16)15-7-9-19-10-8-15/h3-4,11H,2,5-10H2,1H3. The number of fused-ring (bicyclic) bond motifs is 1. The molecule has 0 amide bonds. The second kappa shape index (κ2) is 5.26. The van der Waals surface area contributed by atoms with Gasteiger partial charge < -0.3 is 9.64 Å². The highest BCUT2D eigenvalue weighted by Gasteiger charge is 2.28. The van der Waals surface area contributed by atoms with Gasteiger partial charge in [-0.15, -0.1) is 0 Å². The van der Waals surface area contributed by atoms with Crippen molar-refractivity contribution in [3.05, 3.63) is 23.8 Å². The molecule has 0 N–H and O–H groups in total. The van der Waals surface area contributed by atoms with Gasteiger partial charge in [-0.1, -0.05) is 0 Å². The maximum Gasteiger partial charge on any atom is 0.234 e. The second-order valence-corrected chi connectivity index (χ2v) is 7.32. The maximum absolute atomic E-state index is 12.0. The van der Waals surface area contributed by atoms with E-state index >= 15 is 0 Å². The Labute approximate surface area is 120 Å². The summed E-state index contributed by atoms with van der Waals surface area (Å²) in [6, 6.07) is 6.10. The SMILES string of the molecule is CCS(=O)(=O)N1CCc2cc(N3CCOCC3)ccc21. The van der Waals surface area contributed by atoms with E-state index in [1.165, 1.54) is 5.69 Å². The molecule has 0 spiro atoms. The summed E-state index contributed by atoms with van der Waals surface area (Å²) >= 11 is 0. The van der Waals surface area contributed by atoms with E-state index in [-0.39, 0.29) is 5.75 Å². The van der Waals surface area contributed by atoms with Crippen molar-refractivity contribution in [2.24, 2.45) is 0 Å². The minimum absolute atomic E-state index is 0.150. The quantitative estimate of drug-likeness (QED) is 0.842. The van der Waals surface area contributed by atoms with Crippen LogP contribution in [0.5, 0.6) is 0 Å². The Kier molecular flexibility index (Phi) is 3.60. The summed E-state index contributed by atoms with van der Waals surface area (Å²) in [5, 5.41) is 0. The lowest BCUT2D eigenvalue weighted by Gasteiger charge is -2.29. The molecule has 1 fully saturated rings. The number of anilines is 2. The molecule has 6 heteroatoms. The van der Waals surface area contributed by atoms with E-state index in [4.69, 9.17) is 4.74 Å². The van der Waals surface area contributed by atoms with Crippen LogP contribution in [0.4, 0.5) is 11.4 Å². The predicted octanol–water partition coefficient (Wildman–Crippen LogP) is 1.24. The average molecular weight is 296 g/mol. The molecule has 0 unspecified atom stereocenters. The number of hydrogen-bond acceptors (Lipinski definition) is 4. The van der Waals surface area contributed by atoms with Gasteiger partial charge >= 0.3 is 0 Å². The van der Waals surface area contributed by atoms with Gasteiger partial charge in [0, 0.05) is 25.3 Å². The molecule has 0 aliphatic carbocycles. The molecule has 1 aromatic carbocycles. The molecule has 2 heterocycles. The van der Waals surface area contributed by atoms with Crippen molar-refractivity contribution < 1.29 is 13.2 Å². The van der Waals surface area contributed by atoms with Crippen molar-refractivity contribution in [3.63, 3.8) is 0 Å². The zero-order valence-corrected chi connectivity index (χ0v) is 12.5. The first-order valence-electron chi connectivity index (χ1n) is 7.08. The van der Waals surface area contributed by atoms with Gasteiger partial charge in [0.05, 0.1) is 24.7 Å². The molecule has 0 radical (unpaired) electrons. The Bertz CT molecular complexity index is 594. The summed E-state index contributed by atoms with van der Waals surface area (Å²) in [7, 11) is -3.15. The third-order valence-corrected chi connectivity index (χ3v) is 5.77. The van der Waals surface area contributed by atoms with E-state index < -0.39 is 10.0 Å². The minimum Gasteiger partial charge on any atom is -0.378 e. The largest absolute Gasteiger partial charge is 0.378 e. The zero-order chi connectivity index (χ0) is 14.2. The average Bonchev–Trinajstić information content (AvgIpc) is 2.92. The molecule has 20 heavy (non-hydrogen) atoms. The van der Waals surface area contributed by atoms with Crippen LogP contribution >= 0.6 is 0 Å². The van der Waals surface area contributed by atoms with E-state index in [0.29, 0.717) is 6.54 Å². The summed E-state index contributed by atoms with van der Waals surface area (Å²) in [5.74, 6) is 0.150. The topological polar surface area (TPSA) is 49.9 Å². The Morgan fingerprint density at radius 3 is 2.65 bits per heavy atom. The van der Waals surface area contributed by atoms with Gasteiger partial charge in [0.1, 0.15) is 0 Å². The number of benzene rings is 1. The van der Waals surface area contributed by atoms with Crippen LogP contribution in [-0.4, -0.2) is 47.0 Å². The summed E-state index contributed by atoms with van der Waals surface area (Å²) in [4.78, 5) is 2.29. The second-order valence-electron chi connectivity index (χ2n) is 5.14. The highest BCUT2D eigenvalue weighted by molar-refractivity contribution is 7.92. The Balaban J connectivity index is 1.88. The monoisotopic (exact) mass is 296 g/mol. The first-order valence-corrected chi connectivity index (χ1v) is 8.69. The molecule has 1 aromatic rings. The van der Waals surface area contributed by atoms with Crippen molar-refractivity contribution >= 4 is 21.4 Å². The van der Waals surface area contributed by atoms with Gasteiger partial charge in [0.15, 0.2) is 0 Å². The van der Waals surface area contributed by atoms with Crippen LogP contribution in [-0.2, 0) is 21.2 Å². The smallest absolute Gasteiger partial charge is 0.234 e. The number of hydrogen-bond donors (Lipinski definition) is 0. The highest BCUT2D eigenvalue weighted by Crippen LogP contribution is 2.33. The van der Waals surface area contributed by atoms with Gasteiger partial charge in [0.25, 0.3) is 0 Å². The molecule has 110 valence electrons. The lowest BCUT2D eigenvalue weighted by Crippen LogP contribution is -2.36. The minimum atomic E-state index is -3.15. The van der Waals surface area contributed by atoms with Crippen LogP contribution in [0.25, 0.3) is 0 Å². The molecule has 0 atom stereocenters. The van der Waals surface area contributed by atoms with E-state index in [2.05, 4.69) is 11.0 Å². The van der Waals surface area contributed by atoms with Crippen molar-refractivity contribution in [2.45, 2.75) is 13.3 Å². The molecule has 0 aromatic heterocycles. The van der Waals surface area contributed by atoms with Crippen molar-refractivity contribution in [2.75, 3.05) is 47.8 Å². The number of morpholine rings is 1. The van der Waals surface area contributed by atoms with Crippen LogP contribution in [0.3, 0.4) is 0 Å². The summed E-state index contributed by atoms with van der Waals surface area (Å²) in [6.45, 7) is 5.57. The van der Waals surface area contributed by atoms with Crippen LogP contribution in [0, 0.1) is 0 Å². The Morgan fingerprint density at radius 2 is 1.95 bits per heavy atom. The molecule has 2 aliphatic heterocycles. The lowest BCUT2D eigenvalue weighted by molar-refractivity contribution is 0.122. The lowest BCUT2D eigenvalue weighted by atomic mass is 10.1. The van der Waals surface area contributed by atoms with Crippen LogP contribution in [0.1, 0.15) is 12.5 Å². The van der Waals surface area contributed by atoms with Gasteiger partial charge in [-0.05, 0) is 37.1 Å². The van der Waals surface area contributed by atoms with Crippen LogP contribution < -0.4 is 9.21 Å². The third kappa shape index (κ3) is 2.38. The number of sulfonamides is 1. The molecule has 1 saturated heterocycles. The molecule has 0 bridgehead atoms. The van der Waals surface area contributed by atoms with Crippen molar-refractivity contribution in [1.29, 1.82) is 0 Å². The fourth-order valence-electron chi connectivity index (χ4n) is 2.82. The number of ether oxygens (including phenoxy) is 1. The molecular weight excluding hydrogens is 276 g/mol. The first-order chi connectivity index (χ1) is 9.62. The number of rotatable bonds is 3. The molecule has 0 saturated carbocycles. The zero-order valence-electron chi connectivity index (χ0n) is 11.7. The van der Waals surface area contributed by atoms with Crippen molar-refractivity contribution in [1.82, 2.24) is 0 Å². The van der Waals surface area contributed by atoms with E-state index in [1.54, 1.807) is 11.2 Å². The van der Waals surface area contributed by atoms with E-state index in [1.807, 2.05) is 12.1 Å². The summed E-state index contributed by atoms with van der Waals surface area (Å²) in [6.07, 6.45) is 0.798. The summed E-state index contributed by atoms with van der Waals surface area (Å²) in [5.41, 5.74) is 3.15. The maximum atomic E-state index is 12.0. The van der Waals surface area contributed by atoms with Gasteiger partial charge in [0.2, 0.25) is 10.0 Å². The normalized spacial score (nSPS) is 19.2. The highest BCUT2D eigenvalue weighted by atomic mass is 32.2. The molecular formula is C14H20N2O3S. The predicted molar refractivity (Wildman–Crippen MR) is 80.0 cm³/mol. The van der Waals surface area contributed by atoms with Crippen LogP contribution in [0.15, 0.2) is 18.2 Å². The number of nitrogens with zero attached hydrogens (tertiary/aromatic N) is 2. The molecule has 2 aliphatic rings. The fraction of sp³-hybridized carbons (Fsp3) is 0.571. The Hall–Kier alpha value is -1.27. The molecule has 3 rings (SSSR count). The van der Waals surface area contributed by atoms with E-state index in [0.717, 1.165) is 44.0 Å². The van der Waals surface area contributed by atoms with Crippen molar-refractivity contribution in [3.8, 4) is 0 Å². The Morgan fingerprint density at radius 1 is 1.20 bits per heavy atom. The van der Waals surface area contributed by atoms with Gasteiger partial charge in [-0.2, -0.15) is 0 Å². The summed E-state index contributed by atoms with van der Waals surface area (Å²) < 4.78 is 31.0. The third-order valence-electron chi connectivity index (χ3n) is 3.99. The van der Waals surface area contributed by atoms with Gasteiger partial charge in [-0.25, -0.2) is 8.42 Å². The van der Waals surface area contributed by atoms with E-state index in [9.17, 15) is 8.42 Å².